The molecule has 4 atom stereocenters. The zero-order chi connectivity index (χ0) is 11.1. The largest absolute Gasteiger partial charge is 0.509 e. The summed E-state index contributed by atoms with van der Waals surface area (Å²) in [6, 6.07) is 0. The molecule has 2 fully saturated rings. The van der Waals surface area contributed by atoms with Gasteiger partial charge in [-0.2, -0.15) is 0 Å². The molecule has 0 spiro atoms. The summed E-state index contributed by atoms with van der Waals surface area (Å²) >= 11 is 3.32. The Morgan fingerprint density at radius 3 is 3.00 bits per heavy atom. The minimum Gasteiger partial charge on any atom is -0.424 e. The summed E-state index contributed by atoms with van der Waals surface area (Å²) < 4.78 is 21.0. The third-order valence-electron chi connectivity index (χ3n) is 2.79. The van der Waals surface area contributed by atoms with Gasteiger partial charge in [-0.3, -0.25) is 0 Å². The number of alkyl halides is 1. The molecule has 0 amide bonds. The Morgan fingerprint density at radius 2 is 2.40 bits per heavy atom. The Morgan fingerprint density at radius 1 is 1.67 bits per heavy atom. The average molecular weight is 281 g/mol. The van der Waals surface area contributed by atoms with Gasteiger partial charge in [0.15, 0.2) is 18.0 Å². The van der Waals surface area contributed by atoms with Crippen molar-refractivity contribution in [1.82, 2.24) is 0 Å². The maximum absolute atomic E-state index is 11.1. The van der Waals surface area contributed by atoms with Crippen LogP contribution in [0.15, 0.2) is 0 Å². The lowest BCUT2D eigenvalue weighted by Crippen LogP contribution is -2.54. The predicted molar refractivity (Wildman–Crippen MR) is 53.8 cm³/mol. The molecule has 0 N–H and O–H groups in total. The van der Waals surface area contributed by atoms with Crippen LogP contribution in [-0.2, 0) is 18.9 Å². The third kappa shape index (κ3) is 1.86. The SMILES string of the molecule is CO[C@@H]1C[C@]2(C)OC(=O)O[C@@H]2[C@@H](CBr)O1. The van der Waals surface area contributed by atoms with Crippen LogP contribution in [-0.4, -0.2) is 42.7 Å². The smallest absolute Gasteiger partial charge is 0.424 e. The maximum atomic E-state index is 11.1. The molecule has 0 unspecified atom stereocenters. The van der Waals surface area contributed by atoms with E-state index in [1.807, 2.05) is 6.92 Å². The number of hydrogen-bond donors (Lipinski definition) is 0. The number of hydrogen-bond acceptors (Lipinski definition) is 5. The first-order valence-corrected chi connectivity index (χ1v) is 5.85. The van der Waals surface area contributed by atoms with Crippen molar-refractivity contribution in [1.29, 1.82) is 0 Å². The summed E-state index contributed by atoms with van der Waals surface area (Å²) in [7, 11) is 1.57. The van der Waals surface area contributed by atoms with E-state index in [4.69, 9.17) is 18.9 Å². The van der Waals surface area contributed by atoms with Gasteiger partial charge in [-0.1, -0.05) is 15.9 Å². The molecule has 0 aromatic heterocycles. The second-order valence-corrected chi connectivity index (χ2v) is 4.55. The minimum atomic E-state index is -0.644. The molecular formula is C9H13BrO5. The number of carbonyl (C=O) groups is 1. The van der Waals surface area contributed by atoms with E-state index in [2.05, 4.69) is 15.9 Å². The Kier molecular flexibility index (Phi) is 2.92. The number of ether oxygens (including phenoxy) is 4. The highest BCUT2D eigenvalue weighted by molar-refractivity contribution is 9.09. The van der Waals surface area contributed by atoms with Crippen molar-refractivity contribution in [2.24, 2.45) is 0 Å². The van der Waals surface area contributed by atoms with E-state index in [1.165, 1.54) is 0 Å². The number of fused-ring (bicyclic) bond motifs is 1. The molecule has 2 aliphatic rings. The van der Waals surface area contributed by atoms with Crippen LogP contribution >= 0.6 is 15.9 Å². The Hall–Kier alpha value is -0.330. The number of carbonyl (C=O) groups excluding carboxylic acids is 1. The van der Waals surface area contributed by atoms with Crippen LogP contribution in [0, 0.1) is 0 Å². The lowest BCUT2D eigenvalue weighted by atomic mass is 9.89. The van der Waals surface area contributed by atoms with E-state index in [0.717, 1.165) is 0 Å². The zero-order valence-electron chi connectivity index (χ0n) is 8.57. The molecular weight excluding hydrogens is 268 g/mol. The molecule has 15 heavy (non-hydrogen) atoms. The van der Waals surface area contributed by atoms with Gasteiger partial charge in [-0.05, 0) is 6.92 Å². The van der Waals surface area contributed by atoms with Crippen molar-refractivity contribution < 1.29 is 23.7 Å². The fourth-order valence-electron chi connectivity index (χ4n) is 2.03. The molecule has 0 bridgehead atoms. The molecule has 0 aromatic rings. The molecule has 2 aliphatic heterocycles. The second kappa shape index (κ2) is 3.92. The fourth-order valence-corrected chi connectivity index (χ4v) is 2.52. The molecule has 2 heterocycles. The molecule has 2 saturated heterocycles. The summed E-state index contributed by atoms with van der Waals surface area (Å²) in [5.41, 5.74) is -0.644. The van der Waals surface area contributed by atoms with Crippen LogP contribution < -0.4 is 0 Å². The van der Waals surface area contributed by atoms with Crippen molar-refractivity contribution >= 4 is 22.1 Å². The molecule has 0 radical (unpaired) electrons. The molecule has 86 valence electrons. The summed E-state index contributed by atoms with van der Waals surface area (Å²) in [5, 5.41) is 0.573. The third-order valence-corrected chi connectivity index (χ3v) is 3.43. The topological polar surface area (TPSA) is 54.0 Å². The lowest BCUT2D eigenvalue weighted by molar-refractivity contribution is -0.234. The quantitative estimate of drug-likeness (QED) is 0.566. The van der Waals surface area contributed by atoms with Crippen molar-refractivity contribution in [3.05, 3.63) is 0 Å². The second-order valence-electron chi connectivity index (χ2n) is 3.90. The predicted octanol–water partition coefficient (Wildman–Crippen LogP) is 1.44. The van der Waals surface area contributed by atoms with Crippen LogP contribution in [0.2, 0.25) is 0 Å². The van der Waals surface area contributed by atoms with Gasteiger partial charge in [-0.15, -0.1) is 0 Å². The van der Waals surface area contributed by atoms with Crippen molar-refractivity contribution in [2.75, 3.05) is 12.4 Å². The summed E-state index contributed by atoms with van der Waals surface area (Å²) in [6.45, 7) is 1.84. The van der Waals surface area contributed by atoms with E-state index in [9.17, 15) is 4.79 Å². The Balaban J connectivity index is 2.20. The molecule has 0 saturated carbocycles. The van der Waals surface area contributed by atoms with Gasteiger partial charge >= 0.3 is 6.16 Å². The Labute approximate surface area is 96.1 Å². The highest BCUT2D eigenvalue weighted by atomic mass is 79.9. The van der Waals surface area contributed by atoms with E-state index < -0.39 is 11.8 Å². The first-order chi connectivity index (χ1) is 7.09. The highest BCUT2D eigenvalue weighted by Crippen LogP contribution is 2.39. The van der Waals surface area contributed by atoms with Crippen LogP contribution in [0.4, 0.5) is 4.79 Å². The summed E-state index contributed by atoms with van der Waals surface area (Å²) in [5.74, 6) is 0. The van der Waals surface area contributed by atoms with Gasteiger partial charge in [0.05, 0.1) is 0 Å². The van der Waals surface area contributed by atoms with Gasteiger partial charge < -0.3 is 18.9 Å². The van der Waals surface area contributed by atoms with Gasteiger partial charge in [0.1, 0.15) is 6.10 Å². The van der Waals surface area contributed by atoms with Gasteiger partial charge in [0, 0.05) is 18.9 Å². The van der Waals surface area contributed by atoms with E-state index in [1.54, 1.807) is 7.11 Å². The van der Waals surface area contributed by atoms with E-state index in [0.29, 0.717) is 11.8 Å². The normalized spacial score (nSPS) is 44.5. The van der Waals surface area contributed by atoms with E-state index >= 15 is 0 Å². The summed E-state index contributed by atoms with van der Waals surface area (Å²) in [6.07, 6.45) is -1.10. The molecule has 2 rings (SSSR count). The molecule has 5 nitrogen and oxygen atoms in total. The van der Waals surface area contributed by atoms with Gasteiger partial charge in [-0.25, -0.2) is 4.79 Å². The monoisotopic (exact) mass is 280 g/mol. The minimum absolute atomic E-state index is 0.236. The van der Waals surface area contributed by atoms with Crippen LogP contribution in [0.5, 0.6) is 0 Å². The first-order valence-electron chi connectivity index (χ1n) is 4.73. The number of methoxy groups -OCH3 is 1. The van der Waals surface area contributed by atoms with Crippen LogP contribution in [0.25, 0.3) is 0 Å². The lowest BCUT2D eigenvalue weighted by Gasteiger charge is -2.39. The average Bonchev–Trinajstić information content (AvgIpc) is 2.50. The molecule has 0 aliphatic carbocycles. The van der Waals surface area contributed by atoms with Crippen LogP contribution in [0.3, 0.4) is 0 Å². The number of halogens is 1. The summed E-state index contributed by atoms with van der Waals surface area (Å²) in [4.78, 5) is 11.1. The first kappa shape index (κ1) is 11.2. The van der Waals surface area contributed by atoms with Crippen LogP contribution in [0.1, 0.15) is 13.3 Å². The van der Waals surface area contributed by atoms with Gasteiger partial charge in [0.25, 0.3) is 0 Å². The number of rotatable bonds is 2. The van der Waals surface area contributed by atoms with Gasteiger partial charge in [0.2, 0.25) is 0 Å². The van der Waals surface area contributed by atoms with Crippen molar-refractivity contribution in [3.63, 3.8) is 0 Å². The zero-order valence-corrected chi connectivity index (χ0v) is 10.2. The Bertz CT molecular complexity index is 271. The maximum Gasteiger partial charge on any atom is 0.509 e. The highest BCUT2D eigenvalue weighted by Gasteiger charge is 2.56. The van der Waals surface area contributed by atoms with Crippen molar-refractivity contribution in [3.8, 4) is 0 Å². The fraction of sp³-hybridized carbons (Fsp3) is 0.889. The molecule has 6 heteroatoms. The standard InChI is InChI=1S/C9H13BrO5/c1-9-3-6(12-2)13-5(4-10)7(9)14-8(11)15-9/h5-7H,3-4H2,1-2H3/t5-,6+,7-,9+/m1/s1. The molecule has 0 aromatic carbocycles. The van der Waals surface area contributed by atoms with Crippen molar-refractivity contribution in [2.45, 2.75) is 37.4 Å². The van der Waals surface area contributed by atoms with E-state index in [-0.39, 0.29) is 18.5 Å².